The number of carbonyl (C=O) groups is 1. The molecule has 0 radical (unpaired) electrons. The van der Waals surface area contributed by atoms with E-state index in [-0.39, 0.29) is 12.2 Å². The number of fused-ring (bicyclic) bond motifs is 3. The lowest BCUT2D eigenvalue weighted by atomic mass is 9.97. The predicted octanol–water partition coefficient (Wildman–Crippen LogP) is 5.27. The molecule has 0 bridgehead atoms. The van der Waals surface area contributed by atoms with Gasteiger partial charge in [-0.3, -0.25) is 4.79 Å². The van der Waals surface area contributed by atoms with Gasteiger partial charge in [-0.2, -0.15) is 0 Å². The first-order valence-electron chi connectivity index (χ1n) is 9.68. The van der Waals surface area contributed by atoms with Crippen molar-refractivity contribution in [1.82, 2.24) is 9.97 Å². The molecule has 0 amide bonds. The van der Waals surface area contributed by atoms with E-state index in [2.05, 4.69) is 9.97 Å². The van der Waals surface area contributed by atoms with Crippen molar-refractivity contribution in [1.29, 1.82) is 0 Å². The highest BCUT2D eigenvalue weighted by molar-refractivity contribution is 7.18. The molecule has 0 saturated carbocycles. The fourth-order valence-corrected chi connectivity index (χ4v) is 6.33. The number of hydrogen-bond acceptors (Lipinski definition) is 7. The Balaban J connectivity index is 1.40. The molecule has 8 heteroatoms. The molecular formula is C22H18N2O3S3. The summed E-state index contributed by atoms with van der Waals surface area (Å²) in [6.45, 7) is -0.0697. The lowest BCUT2D eigenvalue weighted by molar-refractivity contribution is -0.138. The number of aromatic nitrogens is 2. The Morgan fingerprint density at radius 1 is 1.17 bits per heavy atom. The number of nitrogens with one attached hydrogen (secondary N) is 1. The average Bonchev–Trinajstić information content (AvgIpc) is 3.50. The van der Waals surface area contributed by atoms with Crippen molar-refractivity contribution in [2.24, 2.45) is 0 Å². The van der Waals surface area contributed by atoms with E-state index >= 15 is 0 Å². The number of esters is 1. The van der Waals surface area contributed by atoms with E-state index in [4.69, 9.17) is 4.74 Å². The van der Waals surface area contributed by atoms with Crippen LogP contribution in [-0.4, -0.2) is 15.9 Å². The molecular weight excluding hydrogens is 436 g/mol. The molecule has 0 fully saturated rings. The molecule has 5 rings (SSSR count). The van der Waals surface area contributed by atoms with E-state index in [0.717, 1.165) is 45.8 Å². The maximum absolute atomic E-state index is 12.9. The van der Waals surface area contributed by atoms with Crippen molar-refractivity contribution in [3.8, 4) is 0 Å². The number of hydrogen-bond donors (Lipinski definition) is 1. The standard InChI is InChI=1S/C22H18N2O3S3/c25-20-19-14-6-1-2-7-17(14)30-21(19)24-18(23-20)12-27-22(26)15(16-8-4-10-29-16)11-13-5-3-9-28-13/h3-5,8-11H,1-2,6-7,12H2,(H,23,24,25). The third-order valence-corrected chi connectivity index (χ3v) is 7.96. The van der Waals surface area contributed by atoms with Crippen LogP contribution in [0.25, 0.3) is 21.9 Å². The molecule has 5 nitrogen and oxygen atoms in total. The van der Waals surface area contributed by atoms with Crippen LogP contribution in [0.2, 0.25) is 0 Å². The fraction of sp³-hybridized carbons (Fsp3) is 0.227. The third kappa shape index (κ3) is 3.78. The molecule has 0 spiro atoms. The van der Waals surface area contributed by atoms with Crippen LogP contribution in [0.5, 0.6) is 0 Å². The van der Waals surface area contributed by atoms with Crippen molar-refractivity contribution in [2.75, 3.05) is 0 Å². The zero-order valence-electron chi connectivity index (χ0n) is 16.0. The highest BCUT2D eigenvalue weighted by atomic mass is 32.1. The summed E-state index contributed by atoms with van der Waals surface area (Å²) >= 11 is 4.63. The van der Waals surface area contributed by atoms with E-state index in [9.17, 15) is 9.59 Å². The molecule has 0 atom stereocenters. The molecule has 1 N–H and O–H groups in total. The minimum Gasteiger partial charge on any atom is -0.454 e. The Labute approximate surface area is 184 Å². The molecule has 1 aliphatic carbocycles. The quantitative estimate of drug-likeness (QED) is 0.329. The molecule has 0 unspecified atom stereocenters. The molecule has 4 heterocycles. The highest BCUT2D eigenvalue weighted by Crippen LogP contribution is 2.33. The van der Waals surface area contributed by atoms with E-state index in [1.54, 1.807) is 22.7 Å². The van der Waals surface area contributed by atoms with E-state index in [1.165, 1.54) is 16.2 Å². The van der Waals surface area contributed by atoms with Crippen molar-refractivity contribution in [3.05, 3.63) is 71.4 Å². The second kappa shape index (κ2) is 8.29. The average molecular weight is 455 g/mol. The smallest absolute Gasteiger partial charge is 0.340 e. The van der Waals surface area contributed by atoms with E-state index in [0.29, 0.717) is 16.8 Å². The van der Waals surface area contributed by atoms with Gasteiger partial charge in [0.05, 0.1) is 11.0 Å². The monoisotopic (exact) mass is 454 g/mol. The third-order valence-electron chi connectivity index (χ3n) is 5.05. The van der Waals surface area contributed by atoms with Crippen LogP contribution in [0.3, 0.4) is 0 Å². The van der Waals surface area contributed by atoms with E-state index < -0.39 is 5.97 Å². The Kier molecular flexibility index (Phi) is 5.37. The first-order valence-corrected chi connectivity index (χ1v) is 12.3. The van der Waals surface area contributed by atoms with Gasteiger partial charge in [0.2, 0.25) is 0 Å². The number of H-pyrrole nitrogens is 1. The van der Waals surface area contributed by atoms with Crippen LogP contribution in [0.15, 0.2) is 39.8 Å². The van der Waals surface area contributed by atoms with Crippen LogP contribution in [0.4, 0.5) is 0 Å². The number of aromatic amines is 1. The maximum Gasteiger partial charge on any atom is 0.340 e. The Morgan fingerprint density at radius 3 is 2.80 bits per heavy atom. The first-order chi connectivity index (χ1) is 14.7. The summed E-state index contributed by atoms with van der Waals surface area (Å²) in [5, 5.41) is 4.60. The molecule has 0 aliphatic heterocycles. The molecule has 30 heavy (non-hydrogen) atoms. The first kappa shape index (κ1) is 19.4. The summed E-state index contributed by atoms with van der Waals surface area (Å²) in [6.07, 6.45) is 6.05. The highest BCUT2D eigenvalue weighted by Gasteiger charge is 2.21. The molecule has 0 saturated heterocycles. The summed E-state index contributed by atoms with van der Waals surface area (Å²) in [5.41, 5.74) is 1.51. The van der Waals surface area contributed by atoms with Gasteiger partial charge in [0.15, 0.2) is 0 Å². The summed E-state index contributed by atoms with van der Waals surface area (Å²) in [7, 11) is 0. The zero-order valence-corrected chi connectivity index (χ0v) is 18.4. The van der Waals surface area contributed by atoms with Crippen LogP contribution in [-0.2, 0) is 29.0 Å². The maximum atomic E-state index is 12.9. The molecule has 152 valence electrons. The number of ether oxygens (including phenoxy) is 1. The minimum atomic E-state index is -0.431. The van der Waals surface area contributed by atoms with E-state index in [1.807, 2.05) is 41.1 Å². The van der Waals surface area contributed by atoms with Crippen LogP contribution < -0.4 is 5.56 Å². The normalized spacial score (nSPS) is 14.1. The fourth-order valence-electron chi connectivity index (χ4n) is 3.67. The van der Waals surface area contributed by atoms with Crippen molar-refractivity contribution >= 4 is 61.8 Å². The van der Waals surface area contributed by atoms with Gasteiger partial charge in [-0.15, -0.1) is 34.0 Å². The molecule has 4 aromatic rings. The van der Waals surface area contributed by atoms with Gasteiger partial charge < -0.3 is 9.72 Å². The molecule has 0 aromatic carbocycles. The SMILES string of the molecule is O=C(OCc1nc2sc3c(c2c(=O)[nH]1)CCCC3)C(=Cc1cccs1)c1cccs1. The zero-order chi connectivity index (χ0) is 20.5. The summed E-state index contributed by atoms with van der Waals surface area (Å²) in [4.78, 5) is 36.7. The van der Waals surface area contributed by atoms with Gasteiger partial charge in [-0.1, -0.05) is 12.1 Å². The lowest BCUT2D eigenvalue weighted by Gasteiger charge is -2.09. The van der Waals surface area contributed by atoms with Crippen LogP contribution in [0.1, 0.15) is 38.9 Å². The van der Waals surface area contributed by atoms with Crippen molar-refractivity contribution < 1.29 is 9.53 Å². The van der Waals surface area contributed by atoms with Crippen LogP contribution in [0, 0.1) is 0 Å². The minimum absolute atomic E-state index is 0.0697. The van der Waals surface area contributed by atoms with Crippen LogP contribution >= 0.6 is 34.0 Å². The van der Waals surface area contributed by atoms with Gasteiger partial charge in [0.25, 0.3) is 5.56 Å². The lowest BCUT2D eigenvalue weighted by Crippen LogP contribution is -2.15. The van der Waals surface area contributed by atoms with Gasteiger partial charge in [0, 0.05) is 14.6 Å². The summed E-state index contributed by atoms with van der Waals surface area (Å²) in [5.74, 6) is -0.0554. The number of nitrogens with zero attached hydrogens (tertiary/aromatic N) is 1. The number of aryl methyl sites for hydroxylation is 2. The Hall–Kier alpha value is -2.55. The second-order valence-electron chi connectivity index (χ2n) is 7.03. The Bertz CT molecular complexity index is 1280. The number of carbonyl (C=O) groups excluding carboxylic acids is 1. The summed E-state index contributed by atoms with van der Waals surface area (Å²) < 4.78 is 5.54. The number of thiophene rings is 3. The van der Waals surface area contributed by atoms with Gasteiger partial charge >= 0.3 is 5.97 Å². The largest absolute Gasteiger partial charge is 0.454 e. The predicted molar refractivity (Wildman–Crippen MR) is 123 cm³/mol. The Morgan fingerprint density at radius 2 is 2.00 bits per heavy atom. The molecule has 1 aliphatic rings. The summed E-state index contributed by atoms with van der Waals surface area (Å²) in [6, 6.07) is 7.70. The van der Waals surface area contributed by atoms with Gasteiger partial charge in [0.1, 0.15) is 17.3 Å². The topological polar surface area (TPSA) is 72.0 Å². The number of rotatable bonds is 5. The van der Waals surface area contributed by atoms with Gasteiger partial charge in [-0.25, -0.2) is 9.78 Å². The van der Waals surface area contributed by atoms with Gasteiger partial charge in [-0.05, 0) is 60.2 Å². The van der Waals surface area contributed by atoms with Crippen molar-refractivity contribution in [3.63, 3.8) is 0 Å². The second-order valence-corrected chi connectivity index (χ2v) is 10.0. The van der Waals surface area contributed by atoms with Crippen molar-refractivity contribution in [2.45, 2.75) is 32.3 Å². The molecule has 4 aromatic heterocycles.